The molecule has 0 heterocycles. The lowest BCUT2D eigenvalue weighted by Crippen LogP contribution is -2.13. The van der Waals surface area contributed by atoms with Gasteiger partial charge in [-0.15, -0.1) is 0 Å². The van der Waals surface area contributed by atoms with Crippen molar-refractivity contribution in [3.05, 3.63) is 58.7 Å². The fourth-order valence-corrected chi connectivity index (χ4v) is 4.37. The van der Waals surface area contributed by atoms with Gasteiger partial charge in [-0.3, -0.25) is 0 Å². The molecule has 0 fully saturated rings. The maximum Gasteiger partial charge on any atom is 0.339 e. The van der Waals surface area contributed by atoms with Crippen LogP contribution in [0.25, 0.3) is 0 Å². The Hall–Kier alpha value is -2.34. The van der Waals surface area contributed by atoms with Crippen LogP contribution in [0.3, 0.4) is 0 Å². The number of hydrogen-bond donors (Lipinski definition) is 1. The molecule has 0 saturated carbocycles. The number of benzene rings is 2. The molecule has 2 rings (SSSR count). The van der Waals surface area contributed by atoms with Crippen LogP contribution in [0.5, 0.6) is 5.75 Å². The molecule has 5 nitrogen and oxygen atoms in total. The summed E-state index contributed by atoms with van der Waals surface area (Å²) in [5, 5.41) is 9.54. The summed E-state index contributed by atoms with van der Waals surface area (Å²) < 4.78 is 30.7. The van der Waals surface area contributed by atoms with Crippen LogP contribution in [0.1, 0.15) is 34.0 Å². The quantitative estimate of drug-likeness (QED) is 0.867. The minimum absolute atomic E-state index is 0.0889. The minimum atomic E-state index is -3.66. The topological polar surface area (TPSA) is 80.7 Å². The number of aryl methyl sites for hydroxylation is 2. The molecule has 6 heteroatoms. The third kappa shape index (κ3) is 3.43. The van der Waals surface area contributed by atoms with E-state index < -0.39 is 15.8 Å². The van der Waals surface area contributed by atoms with Crippen molar-refractivity contribution < 1.29 is 23.1 Å². The van der Waals surface area contributed by atoms with Crippen molar-refractivity contribution in [2.45, 2.75) is 30.9 Å². The first-order valence-corrected chi connectivity index (χ1v) is 9.17. The second-order valence-corrected chi connectivity index (χ2v) is 7.43. The van der Waals surface area contributed by atoms with E-state index in [0.717, 1.165) is 5.56 Å². The monoisotopic (exact) mass is 348 g/mol. The number of methoxy groups -OCH3 is 1. The summed E-state index contributed by atoms with van der Waals surface area (Å²) in [4.78, 5) is 11.9. The van der Waals surface area contributed by atoms with Crippen molar-refractivity contribution >= 4 is 15.8 Å². The van der Waals surface area contributed by atoms with Gasteiger partial charge in [0.25, 0.3) is 0 Å². The number of hydrogen-bond acceptors (Lipinski definition) is 4. The smallest absolute Gasteiger partial charge is 0.339 e. The van der Waals surface area contributed by atoms with E-state index in [4.69, 9.17) is 4.74 Å². The average Bonchev–Trinajstić information content (AvgIpc) is 2.53. The molecule has 0 bridgehead atoms. The van der Waals surface area contributed by atoms with Crippen LogP contribution < -0.4 is 4.74 Å². The van der Waals surface area contributed by atoms with Gasteiger partial charge in [-0.1, -0.05) is 37.3 Å². The molecule has 0 aliphatic heterocycles. The van der Waals surface area contributed by atoms with E-state index in [2.05, 4.69) is 0 Å². The van der Waals surface area contributed by atoms with Gasteiger partial charge in [0.2, 0.25) is 0 Å². The van der Waals surface area contributed by atoms with Gasteiger partial charge in [-0.05, 0) is 36.1 Å². The molecule has 0 radical (unpaired) electrons. The molecule has 1 N–H and O–H groups in total. The first-order chi connectivity index (χ1) is 11.3. The molecule has 128 valence electrons. The molecule has 0 unspecified atom stereocenters. The highest BCUT2D eigenvalue weighted by molar-refractivity contribution is 7.90. The number of aromatic carboxylic acids is 1. The third-order valence-corrected chi connectivity index (χ3v) is 5.72. The molecular formula is C18H20O5S. The highest BCUT2D eigenvalue weighted by Crippen LogP contribution is 2.30. The summed E-state index contributed by atoms with van der Waals surface area (Å²) in [5.74, 6) is -1.36. The van der Waals surface area contributed by atoms with Crippen molar-refractivity contribution in [2.75, 3.05) is 7.11 Å². The van der Waals surface area contributed by atoms with Gasteiger partial charge in [0.05, 0.1) is 17.8 Å². The predicted molar refractivity (Wildman–Crippen MR) is 91.4 cm³/mol. The first-order valence-electron chi connectivity index (χ1n) is 7.52. The van der Waals surface area contributed by atoms with Gasteiger partial charge < -0.3 is 9.84 Å². The summed E-state index contributed by atoms with van der Waals surface area (Å²) in [6.45, 7) is 3.60. The van der Waals surface area contributed by atoms with E-state index in [9.17, 15) is 18.3 Å². The van der Waals surface area contributed by atoms with Crippen LogP contribution in [0.2, 0.25) is 0 Å². The van der Waals surface area contributed by atoms with Gasteiger partial charge in [-0.25, -0.2) is 13.2 Å². The van der Waals surface area contributed by atoms with Crippen molar-refractivity contribution in [1.29, 1.82) is 0 Å². The zero-order valence-corrected chi connectivity index (χ0v) is 14.7. The zero-order valence-electron chi connectivity index (χ0n) is 13.9. The second-order valence-electron chi connectivity index (χ2n) is 5.48. The molecule has 0 atom stereocenters. The molecule has 0 spiro atoms. The van der Waals surface area contributed by atoms with Gasteiger partial charge >= 0.3 is 5.97 Å². The molecule has 0 aliphatic carbocycles. The number of carbonyl (C=O) groups is 1. The fourth-order valence-electron chi connectivity index (χ4n) is 2.72. The number of rotatable bonds is 6. The number of carboxylic acids is 1. The molecule has 2 aromatic rings. The SMILES string of the molecule is CCc1ccc(CS(=O)(=O)c2ccccc2C)c(C(=O)O)c1OC. The molecule has 0 aromatic heterocycles. The predicted octanol–water partition coefficient (Wildman–Crippen LogP) is 3.24. The largest absolute Gasteiger partial charge is 0.496 e. The van der Waals surface area contributed by atoms with E-state index in [1.54, 1.807) is 37.3 Å². The van der Waals surface area contributed by atoms with E-state index in [0.29, 0.717) is 12.0 Å². The van der Waals surface area contributed by atoms with Crippen molar-refractivity contribution in [2.24, 2.45) is 0 Å². The Morgan fingerprint density at radius 3 is 2.29 bits per heavy atom. The molecule has 2 aromatic carbocycles. The van der Waals surface area contributed by atoms with Gasteiger partial charge in [0.1, 0.15) is 11.3 Å². The van der Waals surface area contributed by atoms with Crippen molar-refractivity contribution in [1.82, 2.24) is 0 Å². The molecular weight excluding hydrogens is 328 g/mol. The summed E-state index contributed by atoms with van der Waals surface area (Å²) in [7, 11) is -2.27. The Kier molecular flexibility index (Phi) is 5.29. The zero-order chi connectivity index (χ0) is 17.9. The Morgan fingerprint density at radius 1 is 1.12 bits per heavy atom. The minimum Gasteiger partial charge on any atom is -0.496 e. The van der Waals surface area contributed by atoms with Crippen LogP contribution in [0, 0.1) is 6.92 Å². The van der Waals surface area contributed by atoms with Crippen LogP contribution >= 0.6 is 0 Å². The number of carboxylic acid groups (broad SMARTS) is 1. The lowest BCUT2D eigenvalue weighted by Gasteiger charge is -2.15. The van der Waals surface area contributed by atoms with Crippen LogP contribution in [0.4, 0.5) is 0 Å². The first kappa shape index (κ1) is 18.0. The fraction of sp³-hybridized carbons (Fsp3) is 0.278. The Balaban J connectivity index is 2.58. The van der Waals surface area contributed by atoms with Crippen LogP contribution in [-0.2, 0) is 22.0 Å². The summed E-state index contributed by atoms with van der Waals surface area (Å²) in [6, 6.07) is 9.93. The summed E-state index contributed by atoms with van der Waals surface area (Å²) >= 11 is 0. The highest BCUT2D eigenvalue weighted by atomic mass is 32.2. The number of sulfone groups is 1. The van der Waals surface area contributed by atoms with Crippen LogP contribution in [-0.4, -0.2) is 26.6 Å². The van der Waals surface area contributed by atoms with Crippen LogP contribution in [0.15, 0.2) is 41.3 Å². The van der Waals surface area contributed by atoms with Crippen molar-refractivity contribution in [3.8, 4) is 5.75 Å². The number of ether oxygens (including phenoxy) is 1. The Morgan fingerprint density at radius 2 is 1.75 bits per heavy atom. The Labute approximate surface area is 141 Å². The standard InChI is InChI=1S/C18H20O5S/c1-4-13-9-10-14(16(18(19)20)17(13)23-3)11-24(21,22)15-8-6-5-7-12(15)2/h5-10H,4,11H2,1-3H3,(H,19,20). The highest BCUT2D eigenvalue weighted by Gasteiger charge is 2.25. The third-order valence-electron chi connectivity index (χ3n) is 3.90. The van der Waals surface area contributed by atoms with Gasteiger partial charge in [-0.2, -0.15) is 0 Å². The summed E-state index contributed by atoms with van der Waals surface area (Å²) in [5.41, 5.74) is 1.49. The normalized spacial score (nSPS) is 11.3. The van der Waals surface area contributed by atoms with Crippen molar-refractivity contribution in [3.63, 3.8) is 0 Å². The lowest BCUT2D eigenvalue weighted by atomic mass is 10.0. The van der Waals surface area contributed by atoms with E-state index in [1.807, 2.05) is 6.92 Å². The van der Waals surface area contributed by atoms with E-state index in [1.165, 1.54) is 13.2 Å². The Bertz CT molecular complexity index is 869. The molecule has 0 saturated heterocycles. The molecule has 0 amide bonds. The molecule has 24 heavy (non-hydrogen) atoms. The van der Waals surface area contributed by atoms with Gasteiger partial charge in [0.15, 0.2) is 9.84 Å². The maximum atomic E-state index is 12.7. The average molecular weight is 348 g/mol. The summed E-state index contributed by atoms with van der Waals surface area (Å²) in [6.07, 6.45) is 0.592. The maximum absolute atomic E-state index is 12.7. The molecule has 0 aliphatic rings. The second kappa shape index (κ2) is 7.05. The van der Waals surface area contributed by atoms with Gasteiger partial charge in [0, 0.05) is 0 Å². The lowest BCUT2D eigenvalue weighted by molar-refractivity contribution is 0.0692. The van der Waals surface area contributed by atoms with E-state index >= 15 is 0 Å². The van der Waals surface area contributed by atoms with E-state index in [-0.39, 0.29) is 27.5 Å².